The molecule has 0 radical (unpaired) electrons. The van der Waals surface area contributed by atoms with E-state index in [2.05, 4.69) is 18.8 Å². The van der Waals surface area contributed by atoms with Crippen LogP contribution in [0.3, 0.4) is 0 Å². The van der Waals surface area contributed by atoms with Crippen molar-refractivity contribution in [3.63, 3.8) is 0 Å². The Hall–Kier alpha value is -2.39. The molecule has 0 bridgehead atoms. The van der Waals surface area contributed by atoms with Gasteiger partial charge in [0.05, 0.1) is 13.2 Å². The molecule has 15 nitrogen and oxygen atoms in total. The van der Waals surface area contributed by atoms with E-state index in [9.17, 15) is 28.6 Å². The van der Waals surface area contributed by atoms with Gasteiger partial charge in [-0.1, -0.05) is 168 Å². The molecule has 16 heteroatoms. The van der Waals surface area contributed by atoms with E-state index >= 15 is 0 Å². The molecule has 364 valence electrons. The highest BCUT2D eigenvalue weighted by Crippen LogP contribution is 2.45. The molecule has 2 aliphatic heterocycles. The van der Waals surface area contributed by atoms with E-state index < -0.39 is 80.7 Å². The standard InChI is InChI=1S/C47H83N2O13P/c1-5-7-9-11-13-15-17-19-21-23-25-27-29-31-41(51)56-35-38(59-42(52)32-30-28-26-24-22-20-18-16-14-12-10-8-6-2)36-57-63(54,55)58-37-39-43-44(62-47(3,4)61-43)45(60-39)49-34-33-40(50)48-46(49)53/h33-34,38-39,43-45H,5-32,35-37H2,1-4H3,(H,54,55)(H,48,50,53)/p-1/t38-,39+,43+,44+,45+/m0/s1. The molecular weight excluding hydrogens is 831 g/mol. The summed E-state index contributed by atoms with van der Waals surface area (Å²) in [5, 5.41) is 0. The van der Waals surface area contributed by atoms with Gasteiger partial charge < -0.3 is 37.6 Å². The van der Waals surface area contributed by atoms with Crippen LogP contribution in [0.5, 0.6) is 0 Å². The largest absolute Gasteiger partial charge is 0.756 e. The van der Waals surface area contributed by atoms with E-state index in [-0.39, 0.29) is 19.4 Å². The first-order valence-electron chi connectivity index (χ1n) is 24.6. The molecule has 1 unspecified atom stereocenters. The second kappa shape index (κ2) is 31.5. The maximum Gasteiger partial charge on any atom is 0.330 e. The summed E-state index contributed by atoms with van der Waals surface area (Å²) in [6, 6.07) is 1.16. The number of ether oxygens (including phenoxy) is 5. The number of nitrogens with one attached hydrogen (secondary N) is 1. The van der Waals surface area contributed by atoms with Gasteiger partial charge in [0.15, 0.2) is 18.1 Å². The Labute approximate surface area is 377 Å². The highest BCUT2D eigenvalue weighted by atomic mass is 31.2. The van der Waals surface area contributed by atoms with E-state index in [1.165, 1.54) is 122 Å². The van der Waals surface area contributed by atoms with Crippen molar-refractivity contribution in [3.8, 4) is 0 Å². The number of carbonyl (C=O) groups excluding carboxylic acids is 2. The number of phosphoric acid groups is 1. The monoisotopic (exact) mass is 914 g/mol. The molecule has 0 spiro atoms. The first-order valence-corrected chi connectivity index (χ1v) is 26.1. The average molecular weight is 914 g/mol. The predicted octanol–water partition coefficient (Wildman–Crippen LogP) is 9.87. The van der Waals surface area contributed by atoms with Gasteiger partial charge in [-0.05, 0) is 26.7 Å². The van der Waals surface area contributed by atoms with Gasteiger partial charge in [-0.3, -0.25) is 28.5 Å². The van der Waals surface area contributed by atoms with Crippen LogP contribution in [0.15, 0.2) is 21.9 Å². The molecule has 63 heavy (non-hydrogen) atoms. The molecule has 0 aliphatic carbocycles. The van der Waals surface area contributed by atoms with E-state index in [0.717, 1.165) is 49.2 Å². The van der Waals surface area contributed by atoms with E-state index in [1.54, 1.807) is 13.8 Å². The summed E-state index contributed by atoms with van der Waals surface area (Å²) in [6.07, 6.45) is 27.3. The molecule has 0 saturated carbocycles. The normalized spacial score (nSPS) is 20.7. The van der Waals surface area contributed by atoms with Crippen molar-refractivity contribution >= 4 is 19.8 Å². The van der Waals surface area contributed by atoms with Gasteiger partial charge in [-0.25, -0.2) is 4.79 Å². The molecule has 1 aromatic rings. The van der Waals surface area contributed by atoms with Crippen molar-refractivity contribution in [1.82, 2.24) is 9.55 Å². The number of phosphoric ester groups is 1. The Kier molecular flexibility index (Phi) is 27.5. The highest BCUT2D eigenvalue weighted by molar-refractivity contribution is 7.45. The minimum absolute atomic E-state index is 0.145. The molecule has 2 fully saturated rings. The van der Waals surface area contributed by atoms with Crippen LogP contribution in [0.4, 0.5) is 0 Å². The zero-order chi connectivity index (χ0) is 45.8. The van der Waals surface area contributed by atoms with E-state index in [1.807, 2.05) is 0 Å². The zero-order valence-electron chi connectivity index (χ0n) is 39.2. The Bertz CT molecular complexity index is 1570. The fourth-order valence-electron chi connectivity index (χ4n) is 8.21. The van der Waals surface area contributed by atoms with Gasteiger partial charge in [0, 0.05) is 25.1 Å². The number of nitrogens with zero attached hydrogens (tertiary/aromatic N) is 1. The van der Waals surface area contributed by atoms with Gasteiger partial charge in [0.2, 0.25) is 0 Å². The van der Waals surface area contributed by atoms with Gasteiger partial charge in [-0.15, -0.1) is 0 Å². The number of hydrogen-bond acceptors (Lipinski definition) is 13. The zero-order valence-corrected chi connectivity index (χ0v) is 40.1. The Morgan fingerprint density at radius 3 is 1.65 bits per heavy atom. The molecular formula is C47H82N2O13P-. The molecule has 0 aromatic carbocycles. The molecule has 1 aromatic heterocycles. The van der Waals surface area contributed by atoms with Crippen molar-refractivity contribution in [3.05, 3.63) is 33.1 Å². The summed E-state index contributed by atoms with van der Waals surface area (Å²) >= 11 is 0. The van der Waals surface area contributed by atoms with Crippen LogP contribution >= 0.6 is 7.82 Å². The van der Waals surface area contributed by atoms with Crippen molar-refractivity contribution in [2.45, 2.75) is 244 Å². The van der Waals surface area contributed by atoms with E-state index in [0.29, 0.717) is 12.8 Å². The van der Waals surface area contributed by atoms with Crippen molar-refractivity contribution in [2.24, 2.45) is 0 Å². The molecule has 6 atom stereocenters. The lowest BCUT2D eigenvalue weighted by Crippen LogP contribution is -2.37. The molecule has 3 heterocycles. The average Bonchev–Trinajstić information content (AvgIpc) is 3.73. The third-order valence-electron chi connectivity index (χ3n) is 11.8. The number of aromatic nitrogens is 2. The molecule has 1 N–H and O–H groups in total. The van der Waals surface area contributed by atoms with Crippen molar-refractivity contribution in [2.75, 3.05) is 19.8 Å². The number of carbonyl (C=O) groups is 2. The maximum absolute atomic E-state index is 13.0. The number of unbranched alkanes of at least 4 members (excludes halogenated alkanes) is 24. The fraction of sp³-hybridized carbons (Fsp3) is 0.872. The first-order chi connectivity index (χ1) is 30.3. The highest BCUT2D eigenvalue weighted by Gasteiger charge is 2.56. The van der Waals surface area contributed by atoms with Crippen molar-refractivity contribution in [1.29, 1.82) is 0 Å². The summed E-state index contributed by atoms with van der Waals surface area (Å²) in [4.78, 5) is 65.0. The molecule has 3 rings (SSSR count). The number of aromatic amines is 1. The summed E-state index contributed by atoms with van der Waals surface area (Å²) in [5.41, 5.74) is -1.33. The van der Waals surface area contributed by atoms with Crippen molar-refractivity contribution < 1.29 is 51.8 Å². The third kappa shape index (κ3) is 23.6. The van der Waals surface area contributed by atoms with Gasteiger partial charge in [0.1, 0.15) is 24.9 Å². The first kappa shape index (κ1) is 54.9. The Balaban J connectivity index is 1.43. The summed E-state index contributed by atoms with van der Waals surface area (Å²) in [6.45, 7) is 6.27. The molecule has 0 amide bonds. The number of esters is 2. The number of fused-ring (bicyclic) bond motifs is 1. The second-order valence-corrected chi connectivity index (χ2v) is 19.4. The number of H-pyrrole nitrogens is 1. The smallest absolute Gasteiger partial charge is 0.330 e. The van der Waals surface area contributed by atoms with E-state index in [4.69, 9.17) is 32.7 Å². The third-order valence-corrected chi connectivity index (χ3v) is 12.7. The van der Waals surface area contributed by atoms with Crippen LogP contribution in [-0.4, -0.2) is 71.5 Å². The Morgan fingerprint density at radius 2 is 1.16 bits per heavy atom. The number of rotatable bonds is 38. The Morgan fingerprint density at radius 1 is 0.698 bits per heavy atom. The summed E-state index contributed by atoms with van der Waals surface area (Å²) in [7, 11) is -5.04. The quantitative estimate of drug-likeness (QED) is 0.0375. The van der Waals surface area contributed by atoms with Gasteiger partial charge in [0.25, 0.3) is 13.4 Å². The van der Waals surface area contributed by atoms with Crippen LogP contribution in [-0.2, 0) is 46.9 Å². The topological polar surface area (TPSA) is 194 Å². The van der Waals surface area contributed by atoms with Crippen LogP contribution in [0.2, 0.25) is 0 Å². The maximum atomic E-state index is 13.0. The lowest BCUT2D eigenvalue weighted by molar-refractivity contribution is -0.234. The molecule has 2 saturated heterocycles. The van der Waals surface area contributed by atoms with Crippen LogP contribution < -0.4 is 16.1 Å². The van der Waals surface area contributed by atoms with Gasteiger partial charge in [-0.2, -0.15) is 0 Å². The van der Waals surface area contributed by atoms with Crippen LogP contribution in [0, 0.1) is 0 Å². The minimum atomic E-state index is -5.04. The van der Waals surface area contributed by atoms with Crippen LogP contribution in [0.1, 0.15) is 214 Å². The lowest BCUT2D eigenvalue weighted by atomic mass is 10.0. The van der Waals surface area contributed by atoms with Crippen LogP contribution in [0.25, 0.3) is 0 Å². The second-order valence-electron chi connectivity index (χ2n) is 18.0. The predicted molar refractivity (Wildman–Crippen MR) is 240 cm³/mol. The van der Waals surface area contributed by atoms with Gasteiger partial charge >= 0.3 is 17.6 Å². The fourth-order valence-corrected chi connectivity index (χ4v) is 8.97. The lowest BCUT2D eigenvalue weighted by Gasteiger charge is -2.28. The summed E-state index contributed by atoms with van der Waals surface area (Å²) < 4.78 is 53.5. The number of hydrogen-bond donors (Lipinski definition) is 1. The summed E-state index contributed by atoms with van der Waals surface area (Å²) in [5.74, 6) is -2.06. The molecule has 2 aliphatic rings. The SMILES string of the molecule is CCCCCCCCCCCCCCCC(=O)OC[C@@H](COP(=O)([O-])OC[C@H]1O[C@@H](n2ccc(=O)[nH]c2=O)[C@@H]2OC(C)(C)O[C@@H]21)OC(=O)CCCCCCCCCCCCCCC. The minimum Gasteiger partial charge on any atom is -0.756 e.